The average molecular weight is 366 g/mol. The molecule has 0 fully saturated rings. The van der Waals surface area contributed by atoms with Gasteiger partial charge in [-0.2, -0.15) is 0 Å². The number of likely N-dealkylation sites (N-methyl/N-ethyl adjacent to an activating group) is 1. The number of benzene rings is 2. The van der Waals surface area contributed by atoms with E-state index in [4.69, 9.17) is 0 Å². The molecule has 0 saturated carbocycles. The van der Waals surface area contributed by atoms with E-state index in [1.54, 1.807) is 11.0 Å². The molecule has 1 aliphatic heterocycles. The quantitative estimate of drug-likeness (QED) is 0.824. The van der Waals surface area contributed by atoms with Crippen molar-refractivity contribution in [3.63, 3.8) is 0 Å². The van der Waals surface area contributed by atoms with Crippen LogP contribution in [0.1, 0.15) is 21.5 Å². The predicted octanol–water partition coefficient (Wildman–Crippen LogP) is 2.25. The average Bonchev–Trinajstić information content (AvgIpc) is 3.10. The molecule has 2 N–H and O–H groups in total. The second-order valence-electron chi connectivity index (χ2n) is 6.95. The first-order valence-corrected chi connectivity index (χ1v) is 9.20. The van der Waals surface area contributed by atoms with Crippen molar-refractivity contribution in [2.45, 2.75) is 13.0 Å². The molecule has 0 saturated heterocycles. The summed E-state index contributed by atoms with van der Waals surface area (Å²) in [6, 6.07) is 15.2. The lowest BCUT2D eigenvalue weighted by atomic mass is 10.1. The molecular formula is C21H26N4O2. The summed E-state index contributed by atoms with van der Waals surface area (Å²) < 4.78 is 0. The molecular weight excluding hydrogens is 340 g/mol. The Balaban J connectivity index is 1.56. The van der Waals surface area contributed by atoms with Crippen LogP contribution in [-0.4, -0.2) is 50.6 Å². The minimum atomic E-state index is -0.110. The van der Waals surface area contributed by atoms with Crippen LogP contribution in [-0.2, 0) is 13.0 Å². The zero-order valence-corrected chi connectivity index (χ0v) is 15.9. The van der Waals surface area contributed by atoms with Gasteiger partial charge in [0.05, 0.1) is 0 Å². The van der Waals surface area contributed by atoms with Crippen LogP contribution in [0.25, 0.3) is 0 Å². The molecule has 6 heteroatoms. The fraction of sp³-hybridized carbons (Fsp3) is 0.333. The lowest BCUT2D eigenvalue weighted by Gasteiger charge is -2.18. The Hall–Kier alpha value is -2.86. The fourth-order valence-corrected chi connectivity index (χ4v) is 3.14. The summed E-state index contributed by atoms with van der Waals surface area (Å²) >= 11 is 0. The van der Waals surface area contributed by atoms with Gasteiger partial charge in [0.15, 0.2) is 0 Å². The maximum absolute atomic E-state index is 12.5. The third kappa shape index (κ3) is 4.86. The molecule has 0 spiro atoms. The molecule has 0 radical (unpaired) electrons. The first-order valence-electron chi connectivity index (χ1n) is 9.20. The molecule has 0 aromatic heterocycles. The number of para-hydroxylation sites is 1. The van der Waals surface area contributed by atoms with Crippen LogP contribution in [0, 0.1) is 0 Å². The van der Waals surface area contributed by atoms with Gasteiger partial charge in [-0.15, -0.1) is 0 Å². The van der Waals surface area contributed by atoms with Crippen molar-refractivity contribution in [1.82, 2.24) is 15.5 Å². The van der Waals surface area contributed by atoms with Crippen molar-refractivity contribution in [2.75, 3.05) is 38.6 Å². The number of amides is 3. The van der Waals surface area contributed by atoms with Crippen LogP contribution >= 0.6 is 0 Å². The second-order valence-corrected chi connectivity index (χ2v) is 6.95. The molecule has 142 valence electrons. The zero-order chi connectivity index (χ0) is 19.2. The number of urea groups is 1. The van der Waals surface area contributed by atoms with E-state index < -0.39 is 0 Å². The number of fused-ring (bicyclic) bond motifs is 1. The van der Waals surface area contributed by atoms with Crippen molar-refractivity contribution in [3.8, 4) is 0 Å². The summed E-state index contributed by atoms with van der Waals surface area (Å²) in [5, 5.41) is 5.86. The lowest BCUT2D eigenvalue weighted by molar-refractivity contribution is 0.0951. The predicted molar refractivity (Wildman–Crippen MR) is 107 cm³/mol. The number of hydrogen-bond donors (Lipinski definition) is 2. The number of rotatable bonds is 6. The minimum Gasteiger partial charge on any atom is -0.351 e. The van der Waals surface area contributed by atoms with E-state index in [1.807, 2.05) is 55.4 Å². The first kappa shape index (κ1) is 18.9. The van der Waals surface area contributed by atoms with Gasteiger partial charge in [-0.3, -0.25) is 9.69 Å². The first-order chi connectivity index (χ1) is 13.0. The number of carbonyl (C=O) groups excluding carboxylic acids is 2. The summed E-state index contributed by atoms with van der Waals surface area (Å²) in [4.78, 5) is 28.6. The highest BCUT2D eigenvalue weighted by molar-refractivity contribution is 5.95. The van der Waals surface area contributed by atoms with Gasteiger partial charge in [-0.1, -0.05) is 30.3 Å². The highest BCUT2D eigenvalue weighted by atomic mass is 16.2. The van der Waals surface area contributed by atoms with Crippen LogP contribution in [0.5, 0.6) is 0 Å². The Morgan fingerprint density at radius 3 is 2.70 bits per heavy atom. The molecule has 0 unspecified atom stereocenters. The maximum atomic E-state index is 12.5. The molecule has 0 aliphatic carbocycles. The molecule has 2 aromatic carbocycles. The zero-order valence-electron chi connectivity index (χ0n) is 15.9. The molecule has 3 rings (SSSR count). The molecule has 1 heterocycles. The Kier molecular flexibility index (Phi) is 6.08. The SMILES string of the molecule is CN(C)CCNC(=O)c1cccc(CNC(=O)N2CCc3ccccc32)c1. The van der Waals surface area contributed by atoms with Crippen LogP contribution < -0.4 is 15.5 Å². The summed E-state index contributed by atoms with van der Waals surface area (Å²) in [7, 11) is 3.93. The largest absolute Gasteiger partial charge is 0.351 e. The summed E-state index contributed by atoms with van der Waals surface area (Å²) in [6.45, 7) is 2.47. The van der Waals surface area contributed by atoms with E-state index in [-0.39, 0.29) is 11.9 Å². The molecule has 27 heavy (non-hydrogen) atoms. The Labute approximate surface area is 160 Å². The van der Waals surface area contributed by atoms with Crippen molar-refractivity contribution < 1.29 is 9.59 Å². The second kappa shape index (κ2) is 8.68. The van der Waals surface area contributed by atoms with E-state index in [0.29, 0.717) is 25.2 Å². The standard InChI is InChI=1S/C21H26N4O2/c1-24(2)13-11-22-20(26)18-8-5-6-16(14-18)15-23-21(27)25-12-10-17-7-3-4-9-19(17)25/h3-9,14H,10-13,15H2,1-2H3,(H,22,26)(H,23,27). The smallest absolute Gasteiger partial charge is 0.322 e. The summed E-state index contributed by atoms with van der Waals surface area (Å²) in [5.74, 6) is -0.0986. The van der Waals surface area contributed by atoms with Crippen molar-refractivity contribution in [2.24, 2.45) is 0 Å². The highest BCUT2D eigenvalue weighted by Crippen LogP contribution is 2.27. The van der Waals surface area contributed by atoms with Crippen molar-refractivity contribution in [1.29, 1.82) is 0 Å². The number of nitrogens with zero attached hydrogens (tertiary/aromatic N) is 2. The van der Waals surface area contributed by atoms with Crippen molar-refractivity contribution >= 4 is 17.6 Å². The van der Waals surface area contributed by atoms with Gasteiger partial charge in [0, 0.05) is 37.4 Å². The van der Waals surface area contributed by atoms with Gasteiger partial charge >= 0.3 is 6.03 Å². The molecule has 3 amide bonds. The van der Waals surface area contributed by atoms with Crippen LogP contribution in [0.2, 0.25) is 0 Å². The van der Waals surface area contributed by atoms with E-state index in [1.165, 1.54) is 5.56 Å². The summed E-state index contributed by atoms with van der Waals surface area (Å²) in [6.07, 6.45) is 0.881. The molecule has 6 nitrogen and oxygen atoms in total. The van der Waals surface area contributed by atoms with Gasteiger partial charge in [0.1, 0.15) is 0 Å². The third-order valence-electron chi connectivity index (χ3n) is 4.61. The van der Waals surface area contributed by atoms with Gasteiger partial charge in [-0.25, -0.2) is 4.79 Å². The van der Waals surface area contributed by atoms with Crippen LogP contribution in [0.15, 0.2) is 48.5 Å². The van der Waals surface area contributed by atoms with Crippen LogP contribution in [0.4, 0.5) is 10.5 Å². The molecule has 0 bridgehead atoms. The van der Waals surface area contributed by atoms with E-state index >= 15 is 0 Å². The Morgan fingerprint density at radius 1 is 1.07 bits per heavy atom. The number of anilines is 1. The summed E-state index contributed by atoms with van der Waals surface area (Å²) in [5.41, 5.74) is 3.68. The van der Waals surface area contributed by atoms with Gasteiger partial charge < -0.3 is 15.5 Å². The van der Waals surface area contributed by atoms with Gasteiger partial charge in [0.25, 0.3) is 5.91 Å². The number of carbonyl (C=O) groups is 2. The number of hydrogen-bond acceptors (Lipinski definition) is 3. The third-order valence-corrected chi connectivity index (χ3v) is 4.61. The monoisotopic (exact) mass is 366 g/mol. The molecule has 0 atom stereocenters. The fourth-order valence-electron chi connectivity index (χ4n) is 3.14. The highest BCUT2D eigenvalue weighted by Gasteiger charge is 2.23. The maximum Gasteiger partial charge on any atom is 0.322 e. The van der Waals surface area contributed by atoms with Gasteiger partial charge in [-0.05, 0) is 49.8 Å². The Morgan fingerprint density at radius 2 is 1.89 bits per heavy atom. The topological polar surface area (TPSA) is 64.7 Å². The normalized spacial score (nSPS) is 12.8. The minimum absolute atomic E-state index is 0.0986. The van der Waals surface area contributed by atoms with Crippen LogP contribution in [0.3, 0.4) is 0 Å². The van der Waals surface area contributed by atoms with Crippen molar-refractivity contribution in [3.05, 3.63) is 65.2 Å². The number of nitrogens with one attached hydrogen (secondary N) is 2. The van der Waals surface area contributed by atoms with E-state index in [9.17, 15) is 9.59 Å². The Bertz CT molecular complexity index is 819. The van der Waals surface area contributed by atoms with Gasteiger partial charge in [0.2, 0.25) is 0 Å². The molecule has 2 aromatic rings. The van der Waals surface area contributed by atoms with E-state index in [0.717, 1.165) is 24.2 Å². The lowest BCUT2D eigenvalue weighted by Crippen LogP contribution is -2.38. The molecule has 1 aliphatic rings. The van der Waals surface area contributed by atoms with E-state index in [2.05, 4.69) is 16.7 Å².